The van der Waals surface area contributed by atoms with E-state index in [4.69, 9.17) is 10.8 Å². The smallest absolute Gasteiger partial charge is 0.306 e. The number of nitrogens with one attached hydrogen (secondary N) is 1. The van der Waals surface area contributed by atoms with Crippen molar-refractivity contribution in [3.05, 3.63) is 48.3 Å². The van der Waals surface area contributed by atoms with Crippen molar-refractivity contribution in [2.24, 2.45) is 11.7 Å². The molecule has 7 heteroatoms. The number of fused-ring (bicyclic) bond motifs is 1. The maximum absolute atomic E-state index is 11.0. The van der Waals surface area contributed by atoms with Crippen molar-refractivity contribution < 1.29 is 9.90 Å². The predicted octanol–water partition coefficient (Wildman–Crippen LogP) is 2.42. The summed E-state index contributed by atoms with van der Waals surface area (Å²) in [5, 5.41) is 16.6. The van der Waals surface area contributed by atoms with E-state index in [1.807, 2.05) is 30.5 Å². The zero-order chi connectivity index (χ0) is 18.5. The largest absolute Gasteiger partial charge is 0.481 e. The van der Waals surface area contributed by atoms with Crippen molar-refractivity contribution in [3.8, 4) is 11.1 Å². The molecule has 0 unspecified atom stereocenters. The van der Waals surface area contributed by atoms with Crippen LogP contribution in [-0.4, -0.2) is 38.8 Å². The molecule has 1 atom stereocenters. The van der Waals surface area contributed by atoms with Gasteiger partial charge in [-0.25, -0.2) is 9.50 Å². The van der Waals surface area contributed by atoms with Crippen LogP contribution in [0, 0.1) is 5.92 Å². The van der Waals surface area contributed by atoms with Crippen LogP contribution in [0.5, 0.6) is 0 Å². The third-order valence-corrected chi connectivity index (χ3v) is 4.35. The lowest BCUT2D eigenvalue weighted by Gasteiger charge is -2.08. The predicted molar refractivity (Wildman–Crippen MR) is 101 cm³/mol. The number of nitrogens with two attached hydrogens (primary N) is 1. The molecule has 0 saturated heterocycles. The molecule has 7 nitrogen and oxygen atoms in total. The second-order valence-electron chi connectivity index (χ2n) is 6.33. The van der Waals surface area contributed by atoms with Crippen molar-refractivity contribution in [3.63, 3.8) is 0 Å². The Morgan fingerprint density at radius 2 is 2.23 bits per heavy atom. The average molecular weight is 353 g/mol. The highest BCUT2D eigenvalue weighted by atomic mass is 16.4. The molecule has 3 aromatic rings. The summed E-state index contributed by atoms with van der Waals surface area (Å²) in [6.45, 7) is 2.93. The molecule has 0 aliphatic rings. The van der Waals surface area contributed by atoms with Gasteiger partial charge in [0.15, 0.2) is 5.65 Å². The first-order chi connectivity index (χ1) is 12.6. The molecule has 2 aromatic heterocycles. The van der Waals surface area contributed by atoms with Crippen LogP contribution < -0.4 is 11.1 Å². The molecule has 26 heavy (non-hydrogen) atoms. The van der Waals surface area contributed by atoms with Gasteiger partial charge in [-0.2, -0.15) is 5.10 Å². The zero-order valence-electron chi connectivity index (χ0n) is 14.7. The fourth-order valence-electron chi connectivity index (χ4n) is 2.77. The molecule has 0 spiro atoms. The van der Waals surface area contributed by atoms with Crippen molar-refractivity contribution in [1.29, 1.82) is 0 Å². The summed E-state index contributed by atoms with van der Waals surface area (Å²) in [5.74, 6) is -0.352. The van der Waals surface area contributed by atoms with Gasteiger partial charge in [0, 0.05) is 24.8 Å². The molecular weight excluding hydrogens is 330 g/mol. The van der Waals surface area contributed by atoms with E-state index in [1.165, 1.54) is 0 Å². The molecule has 4 N–H and O–H groups in total. The number of aliphatic carboxylic acids is 1. The minimum atomic E-state index is -0.759. The van der Waals surface area contributed by atoms with E-state index in [2.05, 4.69) is 21.5 Å². The molecule has 0 aliphatic heterocycles. The minimum Gasteiger partial charge on any atom is -0.481 e. The first-order valence-electron chi connectivity index (χ1n) is 8.69. The van der Waals surface area contributed by atoms with Gasteiger partial charge >= 0.3 is 5.97 Å². The summed E-state index contributed by atoms with van der Waals surface area (Å²) in [5.41, 5.74) is 9.36. The monoisotopic (exact) mass is 353 g/mol. The zero-order valence-corrected chi connectivity index (χ0v) is 14.7. The standard InChI is InChI=1S/C19H23N5O2/c1-13(19(25)26)5-6-14-3-2-4-15(11-14)16-12-22-24-10-7-17(21-9-8-20)23-18(16)24/h2-4,7,10-13H,5-6,8-9,20H2,1H3,(H,21,23)(H,25,26)/t13-/m0/s1. The maximum Gasteiger partial charge on any atom is 0.306 e. The highest BCUT2D eigenvalue weighted by molar-refractivity contribution is 5.78. The molecular formula is C19H23N5O2. The quantitative estimate of drug-likeness (QED) is 0.574. The van der Waals surface area contributed by atoms with Gasteiger partial charge in [-0.1, -0.05) is 31.2 Å². The number of carbonyl (C=O) groups is 1. The highest BCUT2D eigenvalue weighted by Crippen LogP contribution is 2.25. The number of nitrogens with zero attached hydrogens (tertiary/aromatic N) is 3. The van der Waals surface area contributed by atoms with Crippen LogP contribution in [0.15, 0.2) is 42.7 Å². The average Bonchev–Trinajstić information content (AvgIpc) is 3.07. The first-order valence-corrected chi connectivity index (χ1v) is 8.69. The maximum atomic E-state index is 11.0. The molecule has 0 saturated carbocycles. The van der Waals surface area contributed by atoms with Crippen LogP contribution in [0.4, 0.5) is 5.82 Å². The van der Waals surface area contributed by atoms with Gasteiger partial charge in [0.25, 0.3) is 0 Å². The fraction of sp³-hybridized carbons (Fsp3) is 0.316. The number of carboxylic acid groups (broad SMARTS) is 1. The lowest BCUT2D eigenvalue weighted by molar-refractivity contribution is -0.141. The van der Waals surface area contributed by atoms with Crippen LogP contribution in [0.25, 0.3) is 16.8 Å². The Labute approximate surface area is 151 Å². The number of rotatable bonds is 8. The Morgan fingerprint density at radius 1 is 1.38 bits per heavy atom. The van der Waals surface area contributed by atoms with Gasteiger partial charge in [-0.05, 0) is 30.0 Å². The van der Waals surface area contributed by atoms with Crippen LogP contribution in [-0.2, 0) is 11.2 Å². The second kappa shape index (κ2) is 7.97. The van der Waals surface area contributed by atoms with Crippen molar-refractivity contribution in [2.75, 3.05) is 18.4 Å². The molecule has 0 bridgehead atoms. The van der Waals surface area contributed by atoms with Crippen LogP contribution in [0.2, 0.25) is 0 Å². The Balaban J connectivity index is 1.86. The van der Waals surface area contributed by atoms with Crippen molar-refractivity contribution >= 4 is 17.4 Å². The van der Waals surface area contributed by atoms with Gasteiger partial charge in [0.1, 0.15) is 5.82 Å². The van der Waals surface area contributed by atoms with Gasteiger partial charge in [-0.15, -0.1) is 0 Å². The van der Waals surface area contributed by atoms with Crippen molar-refractivity contribution in [2.45, 2.75) is 19.8 Å². The number of aryl methyl sites for hydroxylation is 1. The number of hydrogen-bond donors (Lipinski definition) is 3. The van der Waals surface area contributed by atoms with E-state index in [0.29, 0.717) is 19.5 Å². The third-order valence-electron chi connectivity index (χ3n) is 4.35. The molecule has 0 radical (unpaired) electrons. The fourth-order valence-corrected chi connectivity index (χ4v) is 2.77. The van der Waals surface area contributed by atoms with Crippen LogP contribution >= 0.6 is 0 Å². The van der Waals surface area contributed by atoms with E-state index >= 15 is 0 Å². The molecule has 136 valence electrons. The lowest BCUT2D eigenvalue weighted by atomic mass is 9.98. The van der Waals surface area contributed by atoms with E-state index < -0.39 is 5.97 Å². The van der Waals surface area contributed by atoms with Crippen LogP contribution in [0.3, 0.4) is 0 Å². The summed E-state index contributed by atoms with van der Waals surface area (Å²) in [7, 11) is 0. The van der Waals surface area contributed by atoms with Crippen molar-refractivity contribution in [1.82, 2.24) is 14.6 Å². The van der Waals surface area contributed by atoms with E-state index in [0.717, 1.165) is 34.6 Å². The van der Waals surface area contributed by atoms with Gasteiger partial charge in [0.2, 0.25) is 0 Å². The number of aromatic nitrogens is 3. The van der Waals surface area contributed by atoms with Gasteiger partial charge in [-0.3, -0.25) is 4.79 Å². The second-order valence-corrected chi connectivity index (χ2v) is 6.33. The Morgan fingerprint density at radius 3 is 3.00 bits per heavy atom. The Kier molecular flexibility index (Phi) is 5.48. The summed E-state index contributed by atoms with van der Waals surface area (Å²) in [4.78, 5) is 15.6. The first kappa shape index (κ1) is 17.9. The lowest BCUT2D eigenvalue weighted by Crippen LogP contribution is -2.14. The van der Waals surface area contributed by atoms with E-state index in [-0.39, 0.29) is 5.92 Å². The summed E-state index contributed by atoms with van der Waals surface area (Å²) >= 11 is 0. The Hall–Kier alpha value is -2.93. The molecule has 0 fully saturated rings. The van der Waals surface area contributed by atoms with E-state index in [9.17, 15) is 4.79 Å². The number of hydrogen-bond acceptors (Lipinski definition) is 5. The molecule has 0 aliphatic carbocycles. The van der Waals surface area contributed by atoms with Gasteiger partial charge in [0.05, 0.1) is 12.1 Å². The summed E-state index contributed by atoms with van der Waals surface area (Å²) < 4.78 is 1.74. The van der Waals surface area contributed by atoms with E-state index in [1.54, 1.807) is 17.6 Å². The Bertz CT molecular complexity index is 906. The topological polar surface area (TPSA) is 106 Å². The molecule has 1 aromatic carbocycles. The summed E-state index contributed by atoms with van der Waals surface area (Å²) in [6.07, 6.45) is 4.99. The SMILES string of the molecule is C[C@@H](CCc1cccc(-c2cnn3ccc(NCCN)nc23)c1)C(=O)O. The molecule has 3 rings (SSSR count). The normalized spacial score (nSPS) is 12.2. The summed E-state index contributed by atoms with van der Waals surface area (Å²) in [6, 6.07) is 9.96. The number of anilines is 1. The molecule has 0 amide bonds. The number of benzene rings is 1. The molecule has 2 heterocycles. The number of carboxylic acids is 1. The highest BCUT2D eigenvalue weighted by Gasteiger charge is 2.12. The third kappa shape index (κ3) is 4.00. The minimum absolute atomic E-state index is 0.353. The van der Waals surface area contributed by atoms with Crippen LogP contribution in [0.1, 0.15) is 18.9 Å². The van der Waals surface area contributed by atoms with Gasteiger partial charge < -0.3 is 16.2 Å².